The average Bonchev–Trinajstić information content (AvgIpc) is 2.65. The first-order chi connectivity index (χ1) is 9.45. The molecule has 6 heteroatoms. The van der Waals surface area contributed by atoms with Crippen LogP contribution in [0.5, 0.6) is 0 Å². The van der Waals surface area contributed by atoms with E-state index in [1.807, 2.05) is 6.92 Å². The molecule has 2 rings (SSSR count). The highest BCUT2D eigenvalue weighted by Crippen LogP contribution is 2.29. The van der Waals surface area contributed by atoms with E-state index in [-0.39, 0.29) is 11.1 Å². The Balaban J connectivity index is 2.36. The van der Waals surface area contributed by atoms with Crippen molar-refractivity contribution in [3.63, 3.8) is 0 Å². The summed E-state index contributed by atoms with van der Waals surface area (Å²) < 4.78 is 15.7. The van der Waals surface area contributed by atoms with Crippen molar-refractivity contribution in [1.29, 1.82) is 0 Å². The van der Waals surface area contributed by atoms with E-state index in [1.165, 1.54) is 6.07 Å². The molecule has 108 valence electrons. The second kappa shape index (κ2) is 6.12. The summed E-state index contributed by atoms with van der Waals surface area (Å²) in [6, 6.07) is 4.79. The smallest absolute Gasteiger partial charge is 0.146 e. The molecule has 1 heterocycles. The number of nitrogens with one attached hydrogen (secondary N) is 1. The molecule has 0 bridgehead atoms. The van der Waals surface area contributed by atoms with Gasteiger partial charge in [0.05, 0.1) is 10.7 Å². The molecular weight excluding hydrogens is 300 g/mol. The Morgan fingerprint density at radius 1 is 1.40 bits per heavy atom. The molecule has 3 nitrogen and oxygen atoms in total. The van der Waals surface area contributed by atoms with Crippen LogP contribution in [0.1, 0.15) is 22.9 Å². The van der Waals surface area contributed by atoms with Crippen molar-refractivity contribution in [3.8, 4) is 0 Å². The minimum absolute atomic E-state index is 0.122. The summed E-state index contributed by atoms with van der Waals surface area (Å²) in [5, 5.41) is 8.07. The van der Waals surface area contributed by atoms with Crippen molar-refractivity contribution in [2.24, 2.45) is 7.05 Å². The Morgan fingerprint density at radius 3 is 2.65 bits per heavy atom. The molecule has 1 atom stereocenters. The Bertz CT molecular complexity index is 625. The van der Waals surface area contributed by atoms with E-state index in [1.54, 1.807) is 30.9 Å². The van der Waals surface area contributed by atoms with Crippen LogP contribution in [0.15, 0.2) is 18.2 Å². The maximum atomic E-state index is 14.1. The molecule has 0 aliphatic rings. The monoisotopic (exact) mass is 315 g/mol. The number of halogens is 3. The van der Waals surface area contributed by atoms with Gasteiger partial charge in [0.25, 0.3) is 0 Å². The molecule has 0 amide bonds. The van der Waals surface area contributed by atoms with Crippen molar-refractivity contribution in [1.82, 2.24) is 15.1 Å². The normalized spacial score (nSPS) is 12.7. The predicted molar refractivity (Wildman–Crippen MR) is 79.9 cm³/mol. The second-order valence-electron chi connectivity index (χ2n) is 4.67. The summed E-state index contributed by atoms with van der Waals surface area (Å²) in [6.45, 7) is 1.89. The fourth-order valence-electron chi connectivity index (χ4n) is 2.27. The van der Waals surface area contributed by atoms with Gasteiger partial charge in [-0.3, -0.25) is 4.68 Å². The molecule has 0 aliphatic heterocycles. The zero-order valence-corrected chi connectivity index (χ0v) is 13.1. The van der Waals surface area contributed by atoms with Crippen molar-refractivity contribution in [2.45, 2.75) is 19.4 Å². The van der Waals surface area contributed by atoms with E-state index in [4.69, 9.17) is 23.2 Å². The number of nitrogens with zero attached hydrogens (tertiary/aromatic N) is 2. The van der Waals surface area contributed by atoms with Crippen LogP contribution in [-0.4, -0.2) is 16.8 Å². The highest BCUT2D eigenvalue weighted by molar-refractivity contribution is 6.31. The lowest BCUT2D eigenvalue weighted by atomic mass is 9.99. The Labute approximate surface area is 127 Å². The number of hydrogen-bond donors (Lipinski definition) is 1. The molecule has 0 spiro atoms. The fourth-order valence-corrected chi connectivity index (χ4v) is 2.70. The fraction of sp³-hybridized carbons (Fsp3) is 0.357. The number of rotatable bonds is 4. The third-order valence-corrected chi connectivity index (χ3v) is 4.15. The summed E-state index contributed by atoms with van der Waals surface area (Å²) in [5.74, 6) is -0.397. The Kier molecular flexibility index (Phi) is 4.68. The second-order valence-corrected chi connectivity index (χ2v) is 5.43. The quantitative estimate of drug-likeness (QED) is 0.932. The van der Waals surface area contributed by atoms with E-state index in [0.717, 1.165) is 11.3 Å². The van der Waals surface area contributed by atoms with Gasteiger partial charge in [0.15, 0.2) is 0 Å². The van der Waals surface area contributed by atoms with Gasteiger partial charge in [-0.1, -0.05) is 35.3 Å². The number of aryl methyl sites for hydroxylation is 2. The van der Waals surface area contributed by atoms with Crippen LogP contribution < -0.4 is 5.32 Å². The topological polar surface area (TPSA) is 29.9 Å². The van der Waals surface area contributed by atoms with Crippen LogP contribution in [0.3, 0.4) is 0 Å². The maximum absolute atomic E-state index is 14.1. The molecule has 0 saturated carbocycles. The molecule has 1 aromatic carbocycles. The standard InChI is InChI=1S/C14H16Cl2FN3/c1-8-10(14(16)20(3)19-8)7-12(18-2)9-5-4-6-11(15)13(9)17/h4-6,12,18H,7H2,1-3H3. The van der Waals surface area contributed by atoms with E-state index >= 15 is 0 Å². The lowest BCUT2D eigenvalue weighted by Crippen LogP contribution is -2.20. The minimum Gasteiger partial charge on any atom is -0.313 e. The molecule has 0 radical (unpaired) electrons. The van der Waals surface area contributed by atoms with Gasteiger partial charge >= 0.3 is 0 Å². The number of aromatic nitrogens is 2. The summed E-state index contributed by atoms with van der Waals surface area (Å²) in [5.41, 5.74) is 2.28. The van der Waals surface area contributed by atoms with Gasteiger partial charge in [-0.2, -0.15) is 5.10 Å². The van der Waals surface area contributed by atoms with Crippen molar-refractivity contribution in [3.05, 3.63) is 51.0 Å². The molecule has 1 unspecified atom stereocenters. The Hall–Kier alpha value is -1.10. The van der Waals surface area contributed by atoms with Gasteiger partial charge in [-0.25, -0.2) is 4.39 Å². The van der Waals surface area contributed by atoms with Crippen LogP contribution in [0, 0.1) is 12.7 Å². The van der Waals surface area contributed by atoms with E-state index in [0.29, 0.717) is 17.1 Å². The van der Waals surface area contributed by atoms with Crippen molar-refractivity contribution < 1.29 is 4.39 Å². The number of likely N-dealkylation sites (N-methyl/N-ethyl adjacent to an activating group) is 1. The molecule has 1 N–H and O–H groups in total. The van der Waals surface area contributed by atoms with E-state index in [9.17, 15) is 4.39 Å². The van der Waals surface area contributed by atoms with Crippen LogP contribution in [0.2, 0.25) is 10.2 Å². The largest absolute Gasteiger partial charge is 0.313 e. The van der Waals surface area contributed by atoms with Gasteiger partial charge < -0.3 is 5.32 Å². The van der Waals surface area contributed by atoms with Gasteiger partial charge in [-0.05, 0) is 26.5 Å². The van der Waals surface area contributed by atoms with Crippen molar-refractivity contribution >= 4 is 23.2 Å². The SMILES string of the molecule is CNC(Cc1c(C)nn(C)c1Cl)c1cccc(Cl)c1F. The summed E-state index contributed by atoms with van der Waals surface area (Å²) in [6.07, 6.45) is 0.548. The molecule has 0 saturated heterocycles. The summed E-state index contributed by atoms with van der Waals surface area (Å²) in [7, 11) is 3.57. The van der Waals surface area contributed by atoms with E-state index < -0.39 is 5.82 Å². The van der Waals surface area contributed by atoms with E-state index in [2.05, 4.69) is 10.4 Å². The molecule has 0 aliphatic carbocycles. The third-order valence-electron chi connectivity index (χ3n) is 3.38. The first-order valence-electron chi connectivity index (χ1n) is 6.24. The zero-order valence-electron chi connectivity index (χ0n) is 11.5. The van der Waals surface area contributed by atoms with Crippen LogP contribution in [0.25, 0.3) is 0 Å². The van der Waals surface area contributed by atoms with Crippen LogP contribution in [-0.2, 0) is 13.5 Å². The average molecular weight is 316 g/mol. The lowest BCUT2D eigenvalue weighted by molar-refractivity contribution is 0.533. The molecule has 2 aromatic rings. The number of benzene rings is 1. The number of hydrogen-bond acceptors (Lipinski definition) is 2. The Morgan fingerprint density at radius 2 is 2.10 bits per heavy atom. The molecule has 20 heavy (non-hydrogen) atoms. The van der Waals surface area contributed by atoms with Crippen LogP contribution >= 0.6 is 23.2 Å². The molecular formula is C14H16Cl2FN3. The van der Waals surface area contributed by atoms with Gasteiger partial charge in [0.1, 0.15) is 11.0 Å². The van der Waals surface area contributed by atoms with Gasteiger partial charge in [-0.15, -0.1) is 0 Å². The maximum Gasteiger partial charge on any atom is 0.146 e. The van der Waals surface area contributed by atoms with Gasteiger partial charge in [0.2, 0.25) is 0 Å². The third kappa shape index (κ3) is 2.82. The van der Waals surface area contributed by atoms with Crippen molar-refractivity contribution in [2.75, 3.05) is 7.05 Å². The summed E-state index contributed by atoms with van der Waals surface area (Å²) in [4.78, 5) is 0. The molecule has 1 aromatic heterocycles. The van der Waals surface area contributed by atoms with Crippen LogP contribution in [0.4, 0.5) is 4.39 Å². The van der Waals surface area contributed by atoms with Gasteiger partial charge in [0, 0.05) is 24.2 Å². The predicted octanol–water partition coefficient (Wildman–Crippen LogP) is 3.68. The minimum atomic E-state index is -0.397. The zero-order chi connectivity index (χ0) is 14.9. The first kappa shape index (κ1) is 15.3. The molecule has 0 fully saturated rings. The highest BCUT2D eigenvalue weighted by atomic mass is 35.5. The summed E-state index contributed by atoms with van der Waals surface area (Å²) >= 11 is 12.1. The lowest BCUT2D eigenvalue weighted by Gasteiger charge is -2.18. The highest BCUT2D eigenvalue weighted by Gasteiger charge is 2.20. The first-order valence-corrected chi connectivity index (χ1v) is 7.00.